The number of unbranched alkanes of at least 4 members (excludes halogenated alkanes) is 24. The number of hydrogen-bond donors (Lipinski definition) is 2. The second kappa shape index (κ2) is 37.2. The van der Waals surface area contributed by atoms with Crippen molar-refractivity contribution in [1.29, 1.82) is 0 Å². The predicted molar refractivity (Wildman–Crippen MR) is 274 cm³/mol. The van der Waals surface area contributed by atoms with Crippen molar-refractivity contribution < 1.29 is 28.7 Å². The molecule has 368 valence electrons. The molecule has 3 N–H and O–H groups in total. The summed E-state index contributed by atoms with van der Waals surface area (Å²) in [5, 5.41) is 2.84. The third kappa shape index (κ3) is 25.9. The summed E-state index contributed by atoms with van der Waals surface area (Å²) in [5.41, 5.74) is 9.67. The van der Waals surface area contributed by atoms with E-state index in [0.29, 0.717) is 25.1 Å². The quantitative estimate of drug-likeness (QED) is 0.0385. The number of amides is 2. The molecule has 2 aromatic carbocycles. The molecule has 66 heavy (non-hydrogen) atoms. The Labute approximate surface area is 404 Å². The van der Waals surface area contributed by atoms with Gasteiger partial charge in [0.15, 0.2) is 0 Å². The van der Waals surface area contributed by atoms with Gasteiger partial charge in [-0.3, -0.25) is 19.2 Å². The van der Waals surface area contributed by atoms with E-state index in [9.17, 15) is 19.2 Å². The van der Waals surface area contributed by atoms with Gasteiger partial charge >= 0.3 is 11.9 Å². The molecular weight excluding hydrogens is 843 g/mol. The minimum atomic E-state index is -0.838. The Morgan fingerprint density at radius 2 is 1.08 bits per heavy atom. The van der Waals surface area contributed by atoms with Crippen LogP contribution in [-0.2, 0) is 35.2 Å². The van der Waals surface area contributed by atoms with Gasteiger partial charge in [-0.1, -0.05) is 210 Å². The maximum absolute atomic E-state index is 13.6. The highest BCUT2D eigenvalue weighted by atomic mass is 32.2. The number of carbonyl (C=O) groups is 4. The molecule has 1 unspecified atom stereocenters. The van der Waals surface area contributed by atoms with Gasteiger partial charge in [0.25, 0.3) is 0 Å². The van der Waals surface area contributed by atoms with Crippen LogP contribution in [0.15, 0.2) is 48.5 Å². The topological polar surface area (TPSA) is 128 Å². The van der Waals surface area contributed by atoms with Crippen molar-refractivity contribution in [2.75, 3.05) is 29.6 Å². The molecule has 0 aliphatic carbocycles. The van der Waals surface area contributed by atoms with E-state index in [2.05, 4.69) is 31.0 Å². The summed E-state index contributed by atoms with van der Waals surface area (Å²) in [5.74, 6) is 6.01. The molecule has 2 aromatic rings. The van der Waals surface area contributed by atoms with Gasteiger partial charge in [-0.25, -0.2) is 0 Å². The van der Waals surface area contributed by atoms with Crippen molar-refractivity contribution in [2.45, 2.75) is 219 Å². The van der Waals surface area contributed by atoms with E-state index in [0.717, 1.165) is 60.9 Å². The molecule has 9 nitrogen and oxygen atoms in total. The molecule has 0 bridgehead atoms. The summed E-state index contributed by atoms with van der Waals surface area (Å²) in [6, 6.07) is 14.6. The van der Waals surface area contributed by atoms with Crippen LogP contribution in [0.25, 0.3) is 0 Å². The van der Waals surface area contributed by atoms with Crippen LogP contribution < -0.4 is 16.0 Å². The highest BCUT2D eigenvalue weighted by molar-refractivity contribution is 7.99. The normalized spacial score (nSPS) is 12.7. The first-order valence-electron chi connectivity index (χ1n) is 26.3. The van der Waals surface area contributed by atoms with Gasteiger partial charge in [-0.2, -0.15) is 11.8 Å². The molecule has 1 aliphatic rings. The number of thioether (sulfide) groups is 1. The lowest BCUT2D eigenvalue weighted by atomic mass is 10.0. The zero-order valence-electron chi connectivity index (χ0n) is 41.2. The maximum Gasteiger partial charge on any atom is 0.306 e. The van der Waals surface area contributed by atoms with Crippen LogP contribution in [0.2, 0.25) is 0 Å². The molecule has 0 saturated carbocycles. The molecule has 2 atom stereocenters. The third-order valence-electron chi connectivity index (χ3n) is 12.4. The van der Waals surface area contributed by atoms with Crippen LogP contribution in [0.1, 0.15) is 217 Å². The molecule has 3 rings (SSSR count). The second-order valence-electron chi connectivity index (χ2n) is 18.4. The first-order valence-corrected chi connectivity index (χ1v) is 27.4. The molecule has 10 heteroatoms. The first-order chi connectivity index (χ1) is 32.3. The minimum Gasteiger partial charge on any atom is -0.462 e. The Morgan fingerprint density at radius 3 is 1.64 bits per heavy atom. The summed E-state index contributed by atoms with van der Waals surface area (Å²) >= 11 is 1.39. The van der Waals surface area contributed by atoms with Gasteiger partial charge < -0.3 is 25.4 Å². The Bertz CT molecular complexity index is 1710. The number of nitrogens with two attached hydrogens (primary N) is 1. The predicted octanol–water partition coefficient (Wildman–Crippen LogP) is 12.9. The zero-order chi connectivity index (χ0) is 47.3. The van der Waals surface area contributed by atoms with Crippen molar-refractivity contribution in [3.8, 4) is 11.8 Å². The van der Waals surface area contributed by atoms with Crippen LogP contribution >= 0.6 is 11.8 Å². The number of anilines is 1. The van der Waals surface area contributed by atoms with E-state index >= 15 is 0 Å². The Hall–Kier alpha value is -3.81. The molecular formula is C56H87N3O6S. The molecule has 2 amide bonds. The van der Waals surface area contributed by atoms with Gasteiger partial charge in [0.1, 0.15) is 12.7 Å². The minimum absolute atomic E-state index is 0.0200. The summed E-state index contributed by atoms with van der Waals surface area (Å²) in [6.45, 7) is 5.01. The van der Waals surface area contributed by atoms with Crippen molar-refractivity contribution in [3.05, 3.63) is 65.2 Å². The Morgan fingerprint density at radius 1 is 0.606 bits per heavy atom. The third-order valence-corrected chi connectivity index (χ3v) is 13.6. The van der Waals surface area contributed by atoms with E-state index < -0.39 is 12.1 Å². The molecule has 0 saturated heterocycles. The van der Waals surface area contributed by atoms with Crippen LogP contribution in [0.5, 0.6) is 0 Å². The lowest BCUT2D eigenvalue weighted by molar-refractivity contribution is -0.157. The summed E-state index contributed by atoms with van der Waals surface area (Å²) in [4.78, 5) is 54.1. The lowest BCUT2D eigenvalue weighted by Gasteiger charge is -2.26. The standard InChI is InChI=1S/C56H87N3O6S/c1-3-5-7-9-11-13-15-17-19-21-23-25-27-37-54(61)64-44-50(65-55(62)38-28-26-24-22-20-18-16-14-12-10-8-6-4-2)45-66-46-51(57)56(63)58-42-41-53(60)59-43-49-35-30-29-33-47(49)39-40-48-34-31-32-36-52(48)59/h29-36,50-51H,3-28,37-38,41-46,57H2,1-2H3,(H,58,63)/t50?,51-/m0/s1. The van der Waals surface area contributed by atoms with Crippen molar-refractivity contribution in [1.82, 2.24) is 5.32 Å². The van der Waals surface area contributed by atoms with E-state index in [4.69, 9.17) is 15.2 Å². The largest absolute Gasteiger partial charge is 0.462 e. The maximum atomic E-state index is 13.6. The molecule has 0 radical (unpaired) electrons. The second-order valence-corrected chi connectivity index (χ2v) is 19.4. The summed E-state index contributed by atoms with van der Waals surface area (Å²) in [6.07, 6.45) is 32.2. The first kappa shape index (κ1) is 56.5. The highest BCUT2D eigenvalue weighted by Gasteiger charge is 2.23. The number of rotatable bonds is 39. The molecule has 1 heterocycles. The Kier molecular flexibility index (Phi) is 31.9. The average Bonchev–Trinajstić information content (AvgIpc) is 3.31. The number of carbonyl (C=O) groups excluding carboxylic acids is 4. The van der Waals surface area contributed by atoms with Crippen LogP contribution in [-0.4, -0.2) is 60.6 Å². The summed E-state index contributed by atoms with van der Waals surface area (Å²) in [7, 11) is 0. The van der Waals surface area contributed by atoms with Crippen molar-refractivity contribution in [3.63, 3.8) is 0 Å². The van der Waals surface area contributed by atoms with Crippen LogP contribution in [0.4, 0.5) is 5.69 Å². The van der Waals surface area contributed by atoms with E-state index in [1.54, 1.807) is 4.90 Å². The van der Waals surface area contributed by atoms with Gasteiger partial charge in [0.2, 0.25) is 11.8 Å². The van der Waals surface area contributed by atoms with E-state index in [-0.39, 0.29) is 49.1 Å². The number of fused-ring (bicyclic) bond motifs is 2. The smallest absolute Gasteiger partial charge is 0.306 e. The molecule has 0 spiro atoms. The van der Waals surface area contributed by atoms with E-state index in [1.807, 2.05) is 48.5 Å². The number of hydrogen-bond acceptors (Lipinski definition) is 8. The van der Waals surface area contributed by atoms with Crippen LogP contribution in [0.3, 0.4) is 0 Å². The van der Waals surface area contributed by atoms with Gasteiger partial charge in [-0.15, -0.1) is 0 Å². The van der Waals surface area contributed by atoms with Crippen LogP contribution in [0, 0.1) is 11.8 Å². The van der Waals surface area contributed by atoms with Gasteiger partial charge in [-0.05, 0) is 36.6 Å². The van der Waals surface area contributed by atoms with Gasteiger partial charge in [0.05, 0.1) is 18.3 Å². The lowest BCUT2D eigenvalue weighted by Crippen LogP contribution is -2.44. The number of esters is 2. The number of para-hydroxylation sites is 1. The number of benzene rings is 2. The molecule has 0 fully saturated rings. The number of nitrogens with one attached hydrogen (secondary N) is 1. The fourth-order valence-corrected chi connectivity index (χ4v) is 9.33. The van der Waals surface area contributed by atoms with Gasteiger partial charge in [0, 0.05) is 48.4 Å². The average molecular weight is 930 g/mol. The number of nitrogens with zero attached hydrogens (tertiary/aromatic N) is 1. The molecule has 0 aromatic heterocycles. The van der Waals surface area contributed by atoms with Crippen molar-refractivity contribution in [2.24, 2.45) is 5.73 Å². The summed E-state index contributed by atoms with van der Waals surface area (Å²) < 4.78 is 11.5. The van der Waals surface area contributed by atoms with E-state index in [1.165, 1.54) is 140 Å². The zero-order valence-corrected chi connectivity index (χ0v) is 42.0. The SMILES string of the molecule is CCCCCCCCCCCCCCCC(=O)OCC(CSC[C@H](N)C(=O)NCCC(=O)N1Cc2ccccc2C#Cc2ccccc21)OC(=O)CCCCCCCCCCCCCCC. The fraction of sp³-hybridized carbons (Fsp3) is 0.679. The number of ether oxygens (including phenoxy) is 2. The highest BCUT2D eigenvalue weighted by Crippen LogP contribution is 2.26. The monoisotopic (exact) mass is 930 g/mol. The van der Waals surface area contributed by atoms with Crippen molar-refractivity contribution >= 4 is 41.2 Å². The molecule has 1 aliphatic heterocycles. The fourth-order valence-electron chi connectivity index (χ4n) is 8.36. The Balaban J connectivity index is 1.38.